The van der Waals surface area contributed by atoms with Gasteiger partial charge < -0.3 is 24.6 Å². The number of aliphatic hydroxyl groups excluding tert-OH is 1. The number of fused-ring (bicyclic) bond motifs is 2. The molecule has 0 aromatic heterocycles. The lowest BCUT2D eigenvalue weighted by molar-refractivity contribution is -0.192. The molecule has 168 valence electrons. The molecule has 3 heterocycles. The van der Waals surface area contributed by atoms with Crippen molar-refractivity contribution in [2.75, 3.05) is 46.0 Å². The average molecular weight is 443 g/mol. The third kappa shape index (κ3) is 5.03. The number of hydrogen-bond donors (Lipinski definition) is 2. The monoisotopic (exact) mass is 442 g/mol. The lowest BCUT2D eigenvalue weighted by atomic mass is 9.98. The van der Waals surface area contributed by atoms with Gasteiger partial charge in [-0.2, -0.15) is 8.42 Å². The van der Waals surface area contributed by atoms with E-state index in [2.05, 4.69) is 10.2 Å². The van der Waals surface area contributed by atoms with Crippen LogP contribution in [0.5, 0.6) is 0 Å². The Morgan fingerprint density at radius 2 is 1.97 bits per heavy atom. The summed E-state index contributed by atoms with van der Waals surface area (Å²) in [4.78, 5) is 2.38. The molecule has 3 aliphatic heterocycles. The molecular formula is C20H30N2O7S. The van der Waals surface area contributed by atoms with Crippen molar-refractivity contribution in [2.24, 2.45) is 0 Å². The van der Waals surface area contributed by atoms with E-state index in [1.165, 1.54) is 12.1 Å². The van der Waals surface area contributed by atoms with E-state index >= 15 is 0 Å². The summed E-state index contributed by atoms with van der Waals surface area (Å²) in [6, 6.07) is 5.91. The molecule has 0 unspecified atom stereocenters. The third-order valence-corrected chi connectivity index (χ3v) is 7.11. The van der Waals surface area contributed by atoms with E-state index in [1.54, 1.807) is 12.1 Å². The van der Waals surface area contributed by atoms with Crippen LogP contribution in [0.3, 0.4) is 0 Å². The SMILES string of the molecule is Cc1ccc(S(=O)(=O)O[C@H]2[C@@H]3OC[C@@H](O3)[C@@H](NCCCN3CCOCC3)[C@@H]2O)cc1. The molecule has 0 radical (unpaired) electrons. The van der Waals surface area contributed by atoms with E-state index < -0.39 is 34.7 Å². The fourth-order valence-corrected chi connectivity index (χ4v) is 5.12. The van der Waals surface area contributed by atoms with Crippen molar-refractivity contribution in [3.05, 3.63) is 29.8 Å². The molecule has 30 heavy (non-hydrogen) atoms. The first-order valence-electron chi connectivity index (χ1n) is 10.4. The highest BCUT2D eigenvalue weighted by Gasteiger charge is 2.52. The molecule has 0 amide bonds. The summed E-state index contributed by atoms with van der Waals surface area (Å²) in [5, 5.41) is 14.2. The van der Waals surface area contributed by atoms with Gasteiger partial charge in [-0.05, 0) is 38.6 Å². The number of benzene rings is 1. The zero-order valence-electron chi connectivity index (χ0n) is 17.1. The molecule has 3 saturated heterocycles. The van der Waals surface area contributed by atoms with Gasteiger partial charge in [-0.25, -0.2) is 0 Å². The van der Waals surface area contributed by atoms with Gasteiger partial charge in [-0.15, -0.1) is 0 Å². The highest BCUT2D eigenvalue weighted by atomic mass is 32.2. The second-order valence-electron chi connectivity index (χ2n) is 7.98. The first kappa shape index (κ1) is 22.1. The quantitative estimate of drug-likeness (QED) is 0.420. The predicted molar refractivity (Wildman–Crippen MR) is 108 cm³/mol. The zero-order chi connectivity index (χ0) is 21.1. The van der Waals surface area contributed by atoms with Gasteiger partial charge in [0.15, 0.2) is 12.4 Å². The Kier molecular flexibility index (Phi) is 7.05. The smallest absolute Gasteiger partial charge is 0.297 e. The van der Waals surface area contributed by atoms with Gasteiger partial charge >= 0.3 is 0 Å². The number of nitrogens with one attached hydrogen (secondary N) is 1. The molecule has 2 N–H and O–H groups in total. The summed E-state index contributed by atoms with van der Waals surface area (Å²) in [5.41, 5.74) is 0.943. The second kappa shape index (κ2) is 9.58. The lowest BCUT2D eigenvalue weighted by Gasteiger charge is -2.38. The molecule has 5 atom stereocenters. The van der Waals surface area contributed by atoms with Crippen LogP contribution in [0.15, 0.2) is 29.2 Å². The molecule has 3 aliphatic rings. The molecule has 9 nitrogen and oxygen atoms in total. The Morgan fingerprint density at radius 1 is 1.23 bits per heavy atom. The Morgan fingerprint density at radius 3 is 2.70 bits per heavy atom. The standard InChI is InChI=1S/C20H30N2O7S/c1-14-3-5-15(6-4-14)30(24,25)29-19-18(23)17(16-13-27-20(19)28-16)21-7-2-8-22-9-11-26-12-10-22/h3-6,16-21,23H,2,7-13H2,1H3/t16-,17-,18+,19-,20-/m1/s1. The van der Waals surface area contributed by atoms with Crippen LogP contribution in [0.25, 0.3) is 0 Å². The van der Waals surface area contributed by atoms with Gasteiger partial charge in [-0.3, -0.25) is 9.08 Å². The van der Waals surface area contributed by atoms with E-state index in [9.17, 15) is 13.5 Å². The third-order valence-electron chi connectivity index (χ3n) is 5.79. The molecule has 1 aromatic carbocycles. The van der Waals surface area contributed by atoms with Crippen molar-refractivity contribution in [2.45, 2.75) is 48.9 Å². The maximum Gasteiger partial charge on any atom is 0.297 e. The molecule has 0 spiro atoms. The van der Waals surface area contributed by atoms with Crippen molar-refractivity contribution in [3.8, 4) is 0 Å². The van der Waals surface area contributed by atoms with Crippen LogP contribution in [0.2, 0.25) is 0 Å². The number of ether oxygens (including phenoxy) is 3. The molecule has 0 aliphatic carbocycles. The molecule has 10 heteroatoms. The minimum Gasteiger partial charge on any atom is -0.388 e. The van der Waals surface area contributed by atoms with Gasteiger partial charge in [0.1, 0.15) is 12.2 Å². The number of nitrogens with zero attached hydrogens (tertiary/aromatic N) is 1. The van der Waals surface area contributed by atoms with E-state index in [-0.39, 0.29) is 17.6 Å². The van der Waals surface area contributed by atoms with Gasteiger partial charge in [0.2, 0.25) is 0 Å². The van der Waals surface area contributed by atoms with Gasteiger partial charge in [0, 0.05) is 13.1 Å². The summed E-state index contributed by atoms with van der Waals surface area (Å²) in [6.45, 7) is 7.15. The van der Waals surface area contributed by atoms with Crippen LogP contribution in [0.1, 0.15) is 12.0 Å². The summed E-state index contributed by atoms with van der Waals surface area (Å²) in [7, 11) is -4.06. The van der Waals surface area contributed by atoms with Crippen molar-refractivity contribution in [1.29, 1.82) is 0 Å². The first-order chi connectivity index (χ1) is 14.4. The maximum absolute atomic E-state index is 12.7. The van der Waals surface area contributed by atoms with Crippen LogP contribution in [-0.2, 0) is 28.5 Å². The summed E-state index contributed by atoms with van der Waals surface area (Å²) in [5.74, 6) is 0. The minimum absolute atomic E-state index is 0.0374. The number of aliphatic hydroxyl groups is 1. The Labute approximate surface area is 177 Å². The zero-order valence-corrected chi connectivity index (χ0v) is 17.9. The summed E-state index contributed by atoms with van der Waals surface area (Å²) in [6.07, 6.45) is -2.55. The van der Waals surface area contributed by atoms with Crippen molar-refractivity contribution in [3.63, 3.8) is 0 Å². The van der Waals surface area contributed by atoms with Gasteiger partial charge in [0.05, 0.1) is 30.8 Å². The number of aryl methyl sites for hydroxylation is 1. The maximum atomic E-state index is 12.7. The number of rotatable bonds is 8. The van der Waals surface area contributed by atoms with E-state index in [0.717, 1.165) is 44.8 Å². The number of morpholine rings is 1. The van der Waals surface area contributed by atoms with Crippen LogP contribution < -0.4 is 5.32 Å². The van der Waals surface area contributed by atoms with E-state index in [1.807, 2.05) is 6.92 Å². The van der Waals surface area contributed by atoms with Crippen LogP contribution >= 0.6 is 0 Å². The molecule has 3 fully saturated rings. The topological polar surface area (TPSA) is 107 Å². The molecule has 0 saturated carbocycles. The lowest BCUT2D eigenvalue weighted by Crippen LogP contribution is -2.60. The summed E-state index contributed by atoms with van der Waals surface area (Å²) >= 11 is 0. The fraction of sp³-hybridized carbons (Fsp3) is 0.700. The molecule has 1 aromatic rings. The van der Waals surface area contributed by atoms with Crippen LogP contribution in [-0.4, -0.2) is 95.1 Å². The predicted octanol–water partition coefficient (Wildman–Crippen LogP) is -0.135. The molecule has 2 bridgehead atoms. The first-order valence-corrected chi connectivity index (χ1v) is 11.8. The van der Waals surface area contributed by atoms with Crippen LogP contribution in [0, 0.1) is 6.92 Å². The van der Waals surface area contributed by atoms with Crippen molar-refractivity contribution >= 4 is 10.1 Å². The molecular weight excluding hydrogens is 412 g/mol. The number of hydrogen-bond acceptors (Lipinski definition) is 9. The minimum atomic E-state index is -4.06. The second-order valence-corrected chi connectivity index (χ2v) is 9.55. The summed E-state index contributed by atoms with van der Waals surface area (Å²) < 4.78 is 47.5. The average Bonchev–Trinajstić information content (AvgIpc) is 3.18. The van der Waals surface area contributed by atoms with Gasteiger partial charge in [0.25, 0.3) is 10.1 Å². The van der Waals surface area contributed by atoms with Crippen molar-refractivity contribution < 1.29 is 31.9 Å². The Hall–Kier alpha value is -1.11. The highest BCUT2D eigenvalue weighted by Crippen LogP contribution is 2.32. The largest absolute Gasteiger partial charge is 0.388 e. The Bertz CT molecular complexity index is 798. The highest BCUT2D eigenvalue weighted by molar-refractivity contribution is 7.86. The van der Waals surface area contributed by atoms with Gasteiger partial charge in [-0.1, -0.05) is 17.7 Å². The van der Waals surface area contributed by atoms with Crippen molar-refractivity contribution in [1.82, 2.24) is 10.2 Å². The Balaban J connectivity index is 1.35. The normalized spacial score (nSPS) is 32.4. The molecule has 4 rings (SSSR count). The van der Waals surface area contributed by atoms with E-state index in [4.69, 9.17) is 18.4 Å². The fourth-order valence-electron chi connectivity index (χ4n) is 4.04. The van der Waals surface area contributed by atoms with E-state index in [0.29, 0.717) is 6.54 Å². The van der Waals surface area contributed by atoms with Crippen LogP contribution in [0.4, 0.5) is 0 Å².